The summed E-state index contributed by atoms with van der Waals surface area (Å²) in [4.78, 5) is 34.4. The molecular weight excluding hydrogens is 400 g/mol. The number of nitrogens with one attached hydrogen (secondary N) is 1. The molecule has 1 amide bonds. The quantitative estimate of drug-likeness (QED) is 0.320. The van der Waals surface area contributed by atoms with Crippen LogP contribution in [-0.2, 0) is 27.4 Å². The summed E-state index contributed by atoms with van der Waals surface area (Å²) in [5.41, 5.74) is 1.62. The summed E-state index contributed by atoms with van der Waals surface area (Å²) in [5, 5.41) is 13.6. The second kappa shape index (κ2) is 10.5. The molecule has 0 radical (unpaired) electrons. The normalized spacial score (nSPS) is 10.2. The minimum absolute atomic E-state index is 0.168. The van der Waals surface area contributed by atoms with Crippen LogP contribution in [0.2, 0.25) is 0 Å². The molecule has 0 aromatic heterocycles. The van der Waals surface area contributed by atoms with Gasteiger partial charge in [0.25, 0.3) is 11.6 Å². The van der Waals surface area contributed by atoms with Crippen molar-refractivity contribution < 1.29 is 24.0 Å². The third kappa shape index (κ3) is 6.67. The van der Waals surface area contributed by atoms with E-state index < -0.39 is 23.4 Å². The highest BCUT2D eigenvalue weighted by Crippen LogP contribution is 2.19. The molecule has 31 heavy (non-hydrogen) atoms. The van der Waals surface area contributed by atoms with Crippen LogP contribution in [0.1, 0.15) is 11.1 Å². The van der Waals surface area contributed by atoms with Gasteiger partial charge in [-0.15, -0.1) is 0 Å². The lowest BCUT2D eigenvalue weighted by Crippen LogP contribution is -2.21. The number of amides is 1. The second-order valence-electron chi connectivity index (χ2n) is 6.57. The average Bonchev–Trinajstić information content (AvgIpc) is 2.78. The van der Waals surface area contributed by atoms with Gasteiger partial charge in [0.2, 0.25) is 0 Å². The Morgan fingerprint density at radius 3 is 2.29 bits per heavy atom. The van der Waals surface area contributed by atoms with Crippen molar-refractivity contribution in [3.63, 3.8) is 0 Å². The fourth-order valence-corrected chi connectivity index (χ4v) is 2.76. The van der Waals surface area contributed by atoms with Crippen molar-refractivity contribution in [2.24, 2.45) is 0 Å². The molecule has 3 rings (SSSR count). The number of carbonyl (C=O) groups excluding carboxylic acids is 2. The number of nitro benzene ring substituents is 1. The van der Waals surface area contributed by atoms with E-state index in [0.717, 1.165) is 5.56 Å². The molecular formula is C23H20N2O6. The van der Waals surface area contributed by atoms with E-state index >= 15 is 0 Å². The Labute approximate surface area is 178 Å². The average molecular weight is 420 g/mol. The summed E-state index contributed by atoms with van der Waals surface area (Å²) in [6.45, 7) is -0.0617. The van der Waals surface area contributed by atoms with Crippen LogP contribution >= 0.6 is 0 Å². The molecule has 0 spiro atoms. The van der Waals surface area contributed by atoms with Crippen LogP contribution in [-0.4, -0.2) is 23.4 Å². The van der Waals surface area contributed by atoms with Gasteiger partial charge >= 0.3 is 5.97 Å². The van der Waals surface area contributed by atoms with E-state index in [1.54, 1.807) is 30.3 Å². The molecule has 8 heteroatoms. The van der Waals surface area contributed by atoms with Crippen molar-refractivity contribution in [1.82, 2.24) is 0 Å². The number of hydrogen-bond donors (Lipinski definition) is 1. The molecule has 0 atom stereocenters. The zero-order chi connectivity index (χ0) is 22.1. The van der Waals surface area contributed by atoms with Crippen molar-refractivity contribution in [2.75, 3.05) is 11.9 Å². The van der Waals surface area contributed by atoms with Gasteiger partial charge in [0.05, 0.1) is 11.3 Å². The number of carbonyl (C=O) groups is 2. The van der Waals surface area contributed by atoms with Crippen LogP contribution < -0.4 is 10.1 Å². The maximum Gasteiger partial charge on any atom is 0.311 e. The number of hydrogen-bond acceptors (Lipinski definition) is 6. The molecule has 0 unspecified atom stereocenters. The topological polar surface area (TPSA) is 108 Å². The predicted octanol–water partition coefficient (Wildman–Crippen LogP) is 3.90. The Morgan fingerprint density at radius 1 is 0.903 bits per heavy atom. The summed E-state index contributed by atoms with van der Waals surface area (Å²) < 4.78 is 10.6. The zero-order valence-electron chi connectivity index (χ0n) is 16.5. The third-order valence-corrected chi connectivity index (χ3v) is 4.27. The Hall–Kier alpha value is -4.20. The first-order valence-corrected chi connectivity index (χ1v) is 9.46. The number of benzene rings is 3. The number of nitro groups is 1. The van der Waals surface area contributed by atoms with Crippen LogP contribution in [0.4, 0.5) is 11.4 Å². The molecule has 0 saturated heterocycles. The van der Waals surface area contributed by atoms with Gasteiger partial charge < -0.3 is 14.8 Å². The monoisotopic (exact) mass is 420 g/mol. The largest absolute Gasteiger partial charge is 0.489 e. The van der Waals surface area contributed by atoms with Crippen molar-refractivity contribution in [2.45, 2.75) is 13.0 Å². The summed E-state index contributed by atoms with van der Waals surface area (Å²) in [6, 6.07) is 22.4. The minimum Gasteiger partial charge on any atom is -0.489 e. The molecule has 0 saturated carbocycles. The van der Waals surface area contributed by atoms with E-state index in [1.165, 1.54) is 18.2 Å². The van der Waals surface area contributed by atoms with E-state index in [1.807, 2.05) is 30.3 Å². The van der Waals surface area contributed by atoms with Gasteiger partial charge in [0, 0.05) is 17.3 Å². The summed E-state index contributed by atoms with van der Waals surface area (Å²) in [6.07, 6.45) is -0.294. The van der Waals surface area contributed by atoms with Crippen LogP contribution in [0.25, 0.3) is 0 Å². The lowest BCUT2D eigenvalue weighted by Gasteiger charge is -2.09. The number of rotatable bonds is 9. The van der Waals surface area contributed by atoms with E-state index in [0.29, 0.717) is 18.0 Å². The summed E-state index contributed by atoms with van der Waals surface area (Å²) in [5.74, 6) is -0.597. The maximum absolute atomic E-state index is 12.0. The van der Waals surface area contributed by atoms with E-state index in [2.05, 4.69) is 5.32 Å². The number of para-hydroxylation sites is 1. The van der Waals surface area contributed by atoms with E-state index in [9.17, 15) is 19.7 Å². The Bertz CT molecular complexity index is 1050. The van der Waals surface area contributed by atoms with Crippen molar-refractivity contribution in [1.29, 1.82) is 0 Å². The fraction of sp³-hybridized carbons (Fsp3) is 0.130. The smallest absolute Gasteiger partial charge is 0.311 e. The first-order chi connectivity index (χ1) is 15.0. The van der Waals surface area contributed by atoms with Gasteiger partial charge in [-0.3, -0.25) is 19.7 Å². The van der Waals surface area contributed by atoms with Gasteiger partial charge in [-0.2, -0.15) is 0 Å². The van der Waals surface area contributed by atoms with Crippen LogP contribution in [0, 0.1) is 10.1 Å². The Balaban J connectivity index is 1.44. The number of nitrogens with zero attached hydrogens (tertiary/aromatic N) is 1. The number of anilines is 1. The third-order valence-electron chi connectivity index (χ3n) is 4.27. The zero-order valence-corrected chi connectivity index (χ0v) is 16.5. The minimum atomic E-state index is -0.728. The Kier molecular flexibility index (Phi) is 7.31. The molecule has 158 valence electrons. The SMILES string of the molecule is O=C(COC(=O)Cc1ccccc1[N+](=O)[O-])Nc1ccc(OCc2ccccc2)cc1. The fourth-order valence-electron chi connectivity index (χ4n) is 2.76. The standard InChI is InChI=1S/C23H20N2O6/c26-22(16-31-23(27)14-18-8-4-5-9-21(18)25(28)29)24-19-10-12-20(13-11-19)30-15-17-6-2-1-3-7-17/h1-13H,14-16H2,(H,24,26). The van der Waals surface area contributed by atoms with Gasteiger partial charge in [0.15, 0.2) is 6.61 Å². The van der Waals surface area contributed by atoms with Gasteiger partial charge in [-0.1, -0.05) is 48.5 Å². The molecule has 8 nitrogen and oxygen atoms in total. The lowest BCUT2D eigenvalue weighted by molar-refractivity contribution is -0.385. The molecule has 0 aliphatic heterocycles. The molecule has 1 N–H and O–H groups in total. The molecule has 3 aromatic rings. The van der Waals surface area contributed by atoms with Crippen LogP contribution in [0.3, 0.4) is 0 Å². The van der Waals surface area contributed by atoms with Gasteiger partial charge in [-0.05, 0) is 29.8 Å². The van der Waals surface area contributed by atoms with Crippen molar-refractivity contribution in [3.05, 3.63) is 100 Å². The first kappa shape index (κ1) is 21.5. The molecule has 0 heterocycles. The highest BCUT2D eigenvalue weighted by atomic mass is 16.6. The molecule has 0 fully saturated rings. The van der Waals surface area contributed by atoms with E-state index in [4.69, 9.17) is 9.47 Å². The second-order valence-corrected chi connectivity index (χ2v) is 6.57. The van der Waals surface area contributed by atoms with Gasteiger partial charge in [-0.25, -0.2) is 0 Å². The highest BCUT2D eigenvalue weighted by Gasteiger charge is 2.17. The van der Waals surface area contributed by atoms with Crippen molar-refractivity contribution >= 4 is 23.3 Å². The number of ether oxygens (including phenoxy) is 2. The summed E-state index contributed by atoms with van der Waals surface area (Å²) >= 11 is 0. The Morgan fingerprint density at radius 2 is 1.58 bits per heavy atom. The molecule has 3 aromatic carbocycles. The van der Waals surface area contributed by atoms with E-state index in [-0.39, 0.29) is 17.7 Å². The first-order valence-electron chi connectivity index (χ1n) is 9.46. The maximum atomic E-state index is 12.0. The molecule has 0 aliphatic rings. The van der Waals surface area contributed by atoms with Crippen LogP contribution in [0.15, 0.2) is 78.9 Å². The summed E-state index contributed by atoms with van der Waals surface area (Å²) in [7, 11) is 0. The van der Waals surface area contributed by atoms with Crippen molar-refractivity contribution in [3.8, 4) is 5.75 Å². The van der Waals surface area contributed by atoms with Gasteiger partial charge in [0.1, 0.15) is 12.4 Å². The highest BCUT2D eigenvalue weighted by molar-refractivity contribution is 5.93. The lowest BCUT2D eigenvalue weighted by atomic mass is 10.1. The molecule has 0 bridgehead atoms. The predicted molar refractivity (Wildman–Crippen MR) is 114 cm³/mol. The molecule has 0 aliphatic carbocycles. The van der Waals surface area contributed by atoms with Crippen LogP contribution in [0.5, 0.6) is 5.75 Å². The number of esters is 1.